The van der Waals surface area contributed by atoms with Gasteiger partial charge >= 0.3 is 0 Å². The molecule has 0 aliphatic carbocycles. The molecule has 0 saturated carbocycles. The number of pyridine rings is 1. The van der Waals surface area contributed by atoms with Crippen LogP contribution in [0.5, 0.6) is 11.5 Å². The van der Waals surface area contributed by atoms with Crippen LogP contribution in [0.15, 0.2) is 71.5 Å². The average molecular weight is 413 g/mol. The highest BCUT2D eigenvalue weighted by atomic mass is 79.9. The number of ether oxygens (including phenoxy) is 2. The minimum absolute atomic E-state index is 0.491. The number of hydrogen-bond acceptors (Lipinski definition) is 4. The smallest absolute Gasteiger partial charge is 0.167 e. The van der Waals surface area contributed by atoms with E-state index in [1.807, 2.05) is 54.6 Å². The molecule has 0 amide bonds. The molecule has 1 aromatic heterocycles. The lowest BCUT2D eigenvalue weighted by molar-refractivity contribution is 0.280. The zero-order valence-corrected chi connectivity index (χ0v) is 16.2. The molecule has 0 aliphatic heterocycles. The summed E-state index contributed by atoms with van der Waals surface area (Å²) in [5.74, 6) is 1.48. The molecule has 26 heavy (non-hydrogen) atoms. The molecule has 3 rings (SSSR count). The summed E-state index contributed by atoms with van der Waals surface area (Å²) >= 11 is 3.64. The van der Waals surface area contributed by atoms with Gasteiger partial charge in [0, 0.05) is 35.5 Å². The molecule has 0 unspecified atom stereocenters. The fourth-order valence-electron chi connectivity index (χ4n) is 2.63. The summed E-state index contributed by atoms with van der Waals surface area (Å²) in [6.45, 7) is 1.90. The predicted molar refractivity (Wildman–Crippen MR) is 106 cm³/mol. The normalized spacial score (nSPS) is 10.5. The molecule has 4 nitrogen and oxygen atoms in total. The molecule has 134 valence electrons. The maximum absolute atomic E-state index is 6.12. The van der Waals surface area contributed by atoms with Gasteiger partial charge in [0.05, 0.1) is 7.11 Å². The highest BCUT2D eigenvalue weighted by Crippen LogP contribution is 2.36. The van der Waals surface area contributed by atoms with Crippen molar-refractivity contribution in [3.05, 3.63) is 88.2 Å². The highest BCUT2D eigenvalue weighted by molar-refractivity contribution is 9.10. The Labute approximate surface area is 162 Å². The zero-order valence-electron chi connectivity index (χ0n) is 14.6. The molecule has 0 bridgehead atoms. The lowest BCUT2D eigenvalue weighted by Gasteiger charge is -2.17. The summed E-state index contributed by atoms with van der Waals surface area (Å²) in [7, 11) is 1.66. The standard InChI is InChI=1S/C21H21BrN2O2/c1-25-20-8-7-19(22)18(14-24-13-16-9-11-23-12-10-16)21(20)26-15-17-5-3-2-4-6-17/h2-12,24H,13-15H2,1H3. The van der Waals surface area contributed by atoms with Crippen LogP contribution >= 0.6 is 15.9 Å². The summed E-state index contributed by atoms with van der Waals surface area (Å²) in [5.41, 5.74) is 3.34. The van der Waals surface area contributed by atoms with E-state index in [0.29, 0.717) is 13.2 Å². The summed E-state index contributed by atoms with van der Waals surface area (Å²) < 4.78 is 12.6. The van der Waals surface area contributed by atoms with Crippen LogP contribution in [-0.2, 0) is 19.7 Å². The maximum Gasteiger partial charge on any atom is 0.167 e. The van der Waals surface area contributed by atoms with Crippen molar-refractivity contribution < 1.29 is 9.47 Å². The van der Waals surface area contributed by atoms with E-state index in [4.69, 9.17) is 9.47 Å². The Morgan fingerprint density at radius 2 is 1.69 bits per heavy atom. The Bertz CT molecular complexity index is 826. The molecule has 1 N–H and O–H groups in total. The van der Waals surface area contributed by atoms with Crippen molar-refractivity contribution in [2.45, 2.75) is 19.7 Å². The van der Waals surface area contributed by atoms with Crippen molar-refractivity contribution in [1.29, 1.82) is 0 Å². The van der Waals surface area contributed by atoms with Gasteiger partial charge in [-0.25, -0.2) is 0 Å². The van der Waals surface area contributed by atoms with Crippen LogP contribution in [0.3, 0.4) is 0 Å². The van der Waals surface area contributed by atoms with Gasteiger partial charge in [-0.3, -0.25) is 4.98 Å². The zero-order chi connectivity index (χ0) is 18.2. The third-order valence-electron chi connectivity index (χ3n) is 3.99. The maximum atomic E-state index is 6.12. The number of methoxy groups -OCH3 is 1. The lowest BCUT2D eigenvalue weighted by atomic mass is 10.1. The topological polar surface area (TPSA) is 43.4 Å². The highest BCUT2D eigenvalue weighted by Gasteiger charge is 2.14. The van der Waals surface area contributed by atoms with E-state index in [1.165, 1.54) is 5.56 Å². The van der Waals surface area contributed by atoms with Gasteiger partial charge in [0.15, 0.2) is 11.5 Å². The van der Waals surface area contributed by atoms with Crippen molar-refractivity contribution in [3.63, 3.8) is 0 Å². The van der Waals surface area contributed by atoms with Gasteiger partial charge in [-0.1, -0.05) is 46.3 Å². The monoisotopic (exact) mass is 412 g/mol. The third kappa shape index (κ3) is 4.84. The van der Waals surface area contributed by atoms with E-state index < -0.39 is 0 Å². The Balaban J connectivity index is 1.74. The van der Waals surface area contributed by atoms with Crippen LogP contribution in [0.1, 0.15) is 16.7 Å². The lowest BCUT2D eigenvalue weighted by Crippen LogP contribution is -2.14. The van der Waals surface area contributed by atoms with E-state index in [0.717, 1.165) is 33.6 Å². The van der Waals surface area contributed by atoms with Crippen LogP contribution in [0.4, 0.5) is 0 Å². The third-order valence-corrected chi connectivity index (χ3v) is 4.74. The molecule has 1 heterocycles. The molecule has 0 aliphatic rings. The van der Waals surface area contributed by atoms with Crippen molar-refractivity contribution in [2.75, 3.05) is 7.11 Å². The number of hydrogen-bond donors (Lipinski definition) is 1. The second kappa shape index (κ2) is 9.36. The van der Waals surface area contributed by atoms with E-state index in [1.54, 1.807) is 19.5 Å². The average Bonchev–Trinajstić information content (AvgIpc) is 2.69. The van der Waals surface area contributed by atoms with E-state index in [-0.39, 0.29) is 0 Å². The SMILES string of the molecule is COc1ccc(Br)c(CNCc2ccncc2)c1OCc1ccccc1. The fraction of sp³-hybridized carbons (Fsp3) is 0.190. The molecular weight excluding hydrogens is 392 g/mol. The first-order valence-corrected chi connectivity index (χ1v) is 9.19. The van der Waals surface area contributed by atoms with Crippen LogP contribution < -0.4 is 14.8 Å². The number of rotatable bonds is 8. The van der Waals surface area contributed by atoms with Crippen LogP contribution in [-0.4, -0.2) is 12.1 Å². The number of nitrogens with one attached hydrogen (secondary N) is 1. The summed E-state index contributed by atoms with van der Waals surface area (Å²) in [6.07, 6.45) is 3.60. The van der Waals surface area contributed by atoms with E-state index in [2.05, 4.69) is 26.2 Å². The van der Waals surface area contributed by atoms with Gasteiger partial charge in [-0.2, -0.15) is 0 Å². The van der Waals surface area contributed by atoms with Crippen molar-refractivity contribution >= 4 is 15.9 Å². The molecule has 3 aromatic rings. The number of halogens is 1. The molecule has 0 saturated heterocycles. The quantitative estimate of drug-likeness (QED) is 0.580. The first kappa shape index (κ1) is 18.4. The molecule has 2 aromatic carbocycles. The summed E-state index contributed by atoms with van der Waals surface area (Å²) in [5, 5.41) is 3.46. The predicted octanol–water partition coefficient (Wildman–Crippen LogP) is 4.72. The first-order chi connectivity index (χ1) is 12.8. The van der Waals surface area contributed by atoms with Gasteiger partial charge in [0.25, 0.3) is 0 Å². The number of nitrogens with zero attached hydrogens (tertiary/aromatic N) is 1. The Hall–Kier alpha value is -2.37. The molecule has 0 radical (unpaired) electrons. The molecule has 0 spiro atoms. The number of benzene rings is 2. The van der Waals surface area contributed by atoms with Crippen molar-refractivity contribution in [3.8, 4) is 11.5 Å². The minimum atomic E-state index is 0.491. The van der Waals surface area contributed by atoms with Gasteiger partial charge in [-0.15, -0.1) is 0 Å². The van der Waals surface area contributed by atoms with Crippen molar-refractivity contribution in [1.82, 2.24) is 10.3 Å². The van der Waals surface area contributed by atoms with Gasteiger partial charge in [0.1, 0.15) is 6.61 Å². The second-order valence-electron chi connectivity index (χ2n) is 5.79. The first-order valence-electron chi connectivity index (χ1n) is 8.39. The van der Waals surface area contributed by atoms with Gasteiger partial charge in [-0.05, 0) is 35.4 Å². The molecule has 0 atom stereocenters. The van der Waals surface area contributed by atoms with Crippen LogP contribution in [0.25, 0.3) is 0 Å². The largest absolute Gasteiger partial charge is 0.493 e. The summed E-state index contributed by atoms with van der Waals surface area (Å²) in [6, 6.07) is 18.0. The Kier molecular flexibility index (Phi) is 6.63. The van der Waals surface area contributed by atoms with Gasteiger partial charge in [0.2, 0.25) is 0 Å². The molecular formula is C21H21BrN2O2. The Morgan fingerprint density at radius 1 is 0.923 bits per heavy atom. The van der Waals surface area contributed by atoms with Crippen LogP contribution in [0.2, 0.25) is 0 Å². The van der Waals surface area contributed by atoms with Crippen LogP contribution in [0, 0.1) is 0 Å². The fourth-order valence-corrected chi connectivity index (χ4v) is 3.08. The summed E-state index contributed by atoms with van der Waals surface area (Å²) in [4.78, 5) is 4.04. The number of aromatic nitrogens is 1. The molecule has 0 fully saturated rings. The second-order valence-corrected chi connectivity index (χ2v) is 6.64. The van der Waals surface area contributed by atoms with Gasteiger partial charge < -0.3 is 14.8 Å². The van der Waals surface area contributed by atoms with E-state index >= 15 is 0 Å². The minimum Gasteiger partial charge on any atom is -0.493 e. The van der Waals surface area contributed by atoms with Crippen molar-refractivity contribution in [2.24, 2.45) is 0 Å². The Morgan fingerprint density at radius 3 is 2.42 bits per heavy atom. The van der Waals surface area contributed by atoms with E-state index in [9.17, 15) is 0 Å². The molecule has 5 heteroatoms.